The predicted molar refractivity (Wildman–Crippen MR) is 120 cm³/mol. The smallest absolute Gasteiger partial charge is 0.318 e. The van der Waals surface area contributed by atoms with Crippen LogP contribution in [0, 0.1) is 6.92 Å². The van der Waals surface area contributed by atoms with Crippen molar-refractivity contribution in [2.75, 3.05) is 6.54 Å². The first kappa shape index (κ1) is 20.1. The van der Waals surface area contributed by atoms with Crippen LogP contribution in [0.5, 0.6) is 0 Å². The zero-order valence-corrected chi connectivity index (χ0v) is 18.3. The number of carbonyl (C=O) groups is 1. The highest BCUT2D eigenvalue weighted by Crippen LogP contribution is 2.46. The fourth-order valence-corrected chi connectivity index (χ4v) is 4.66. The van der Waals surface area contributed by atoms with Crippen LogP contribution in [0.2, 0.25) is 5.02 Å². The summed E-state index contributed by atoms with van der Waals surface area (Å²) in [5.74, 6) is 1.70. The molecular weight excluding hydrogens is 410 g/mol. The molecular formula is C24H26ClN5O. The Hall–Kier alpha value is -2.86. The summed E-state index contributed by atoms with van der Waals surface area (Å²) in [6.45, 7) is 3.35. The third kappa shape index (κ3) is 3.92. The maximum atomic E-state index is 13.3. The van der Waals surface area contributed by atoms with Gasteiger partial charge in [0.2, 0.25) is 0 Å². The topological polar surface area (TPSA) is 63.1 Å². The summed E-state index contributed by atoms with van der Waals surface area (Å²) >= 11 is 6.03. The number of halogens is 1. The first-order chi connectivity index (χ1) is 15.1. The molecule has 2 amide bonds. The lowest BCUT2D eigenvalue weighted by Gasteiger charge is -2.28. The van der Waals surface area contributed by atoms with Gasteiger partial charge in [-0.25, -0.2) is 4.79 Å². The normalized spacial score (nSPS) is 19.4. The molecule has 3 aromatic rings. The maximum absolute atomic E-state index is 13.3. The van der Waals surface area contributed by atoms with Crippen molar-refractivity contribution in [3.05, 3.63) is 82.4 Å². The van der Waals surface area contributed by atoms with E-state index in [1.807, 2.05) is 54.3 Å². The molecule has 2 aliphatic rings. The number of urea groups is 1. The molecule has 2 heterocycles. The number of hydrogen-bond acceptors (Lipinski definition) is 3. The highest BCUT2D eigenvalue weighted by atomic mass is 35.5. The minimum atomic E-state index is -0.224. The summed E-state index contributed by atoms with van der Waals surface area (Å²) in [7, 11) is 0. The number of hydrogen-bond donors (Lipinski definition) is 1. The number of rotatable bonds is 5. The summed E-state index contributed by atoms with van der Waals surface area (Å²) in [5.41, 5.74) is 2.09. The van der Waals surface area contributed by atoms with Crippen molar-refractivity contribution < 1.29 is 4.79 Å². The van der Waals surface area contributed by atoms with Crippen molar-refractivity contribution in [3.63, 3.8) is 0 Å². The number of carbonyl (C=O) groups excluding carboxylic acids is 1. The van der Waals surface area contributed by atoms with Crippen LogP contribution < -0.4 is 5.32 Å². The fraction of sp³-hybridized carbons (Fsp3) is 0.375. The molecule has 2 fully saturated rings. The van der Waals surface area contributed by atoms with E-state index in [0.717, 1.165) is 54.5 Å². The Labute approximate surface area is 187 Å². The van der Waals surface area contributed by atoms with Crippen molar-refractivity contribution in [3.8, 4) is 0 Å². The average Bonchev–Trinajstić information content (AvgIpc) is 3.24. The monoisotopic (exact) mass is 435 g/mol. The zero-order valence-electron chi connectivity index (χ0n) is 17.6. The van der Waals surface area contributed by atoms with Gasteiger partial charge in [-0.05, 0) is 55.9 Å². The van der Waals surface area contributed by atoms with E-state index in [2.05, 4.69) is 32.2 Å². The molecule has 1 saturated heterocycles. The molecule has 2 aromatic carbocycles. The summed E-state index contributed by atoms with van der Waals surface area (Å²) < 4.78 is 2.11. The molecule has 1 aliphatic carbocycles. The van der Waals surface area contributed by atoms with E-state index in [9.17, 15) is 4.79 Å². The highest BCUT2D eigenvalue weighted by molar-refractivity contribution is 6.30. The number of benzene rings is 2. The number of amides is 2. The minimum Gasteiger partial charge on any atom is -0.328 e. The Kier molecular flexibility index (Phi) is 5.18. The van der Waals surface area contributed by atoms with Crippen molar-refractivity contribution in [1.82, 2.24) is 25.0 Å². The molecule has 160 valence electrons. The van der Waals surface area contributed by atoms with Crippen LogP contribution in [-0.2, 0) is 12.1 Å². The van der Waals surface area contributed by atoms with E-state index < -0.39 is 0 Å². The number of aryl methyl sites for hydroxylation is 1. The van der Waals surface area contributed by atoms with E-state index in [-0.39, 0.29) is 17.6 Å². The maximum Gasteiger partial charge on any atom is 0.318 e. The van der Waals surface area contributed by atoms with Gasteiger partial charge < -0.3 is 14.8 Å². The number of nitrogens with one attached hydrogen (secondary N) is 1. The van der Waals surface area contributed by atoms with Crippen LogP contribution in [0.25, 0.3) is 0 Å². The molecule has 0 radical (unpaired) electrons. The molecule has 7 heteroatoms. The average molecular weight is 436 g/mol. The van der Waals surface area contributed by atoms with Crippen molar-refractivity contribution in [2.24, 2.45) is 0 Å². The predicted octanol–water partition coefficient (Wildman–Crippen LogP) is 4.82. The Bertz CT molecular complexity index is 1080. The third-order valence-electron chi connectivity index (χ3n) is 6.45. The molecule has 0 unspecified atom stereocenters. The Morgan fingerprint density at radius 1 is 1.13 bits per heavy atom. The molecule has 5 rings (SSSR count). The highest BCUT2D eigenvalue weighted by Gasteiger charge is 2.47. The third-order valence-corrected chi connectivity index (χ3v) is 6.70. The standard InChI is InChI=1S/C24H26ClN5O/c1-17-27-28-22(30(17)16-18-9-11-20(25)12-10-18)21-8-5-15-29(21)23(31)26-24(13-14-24)19-6-3-2-4-7-19/h2-4,6-7,9-12,21H,5,8,13-16H2,1H3,(H,26,31)/t21-/m1/s1. The van der Waals surface area contributed by atoms with Crippen LogP contribution in [0.4, 0.5) is 4.79 Å². The molecule has 1 atom stereocenters. The van der Waals surface area contributed by atoms with E-state index in [1.165, 1.54) is 5.56 Å². The number of likely N-dealkylation sites (tertiary alicyclic amines) is 1. The van der Waals surface area contributed by atoms with Gasteiger partial charge in [0.05, 0.1) is 18.1 Å². The molecule has 6 nitrogen and oxygen atoms in total. The van der Waals surface area contributed by atoms with Gasteiger partial charge in [-0.15, -0.1) is 10.2 Å². The van der Waals surface area contributed by atoms with E-state index in [1.54, 1.807) is 0 Å². The van der Waals surface area contributed by atoms with Crippen LogP contribution in [0.3, 0.4) is 0 Å². The van der Waals surface area contributed by atoms with Gasteiger partial charge in [-0.1, -0.05) is 54.1 Å². The second-order valence-electron chi connectivity index (χ2n) is 8.55. The Morgan fingerprint density at radius 3 is 2.58 bits per heavy atom. The van der Waals surface area contributed by atoms with Gasteiger partial charge in [-0.2, -0.15) is 0 Å². The summed E-state index contributed by atoms with van der Waals surface area (Å²) in [6, 6.07) is 18.0. The van der Waals surface area contributed by atoms with Gasteiger partial charge in [0.15, 0.2) is 5.82 Å². The van der Waals surface area contributed by atoms with Crippen LogP contribution in [0.15, 0.2) is 54.6 Å². The van der Waals surface area contributed by atoms with Gasteiger partial charge in [0.25, 0.3) is 0 Å². The van der Waals surface area contributed by atoms with Crippen molar-refractivity contribution >= 4 is 17.6 Å². The number of nitrogens with zero attached hydrogens (tertiary/aromatic N) is 4. The van der Waals surface area contributed by atoms with Crippen LogP contribution in [0.1, 0.15) is 54.5 Å². The minimum absolute atomic E-state index is 0.0115. The molecule has 1 aliphatic heterocycles. The lowest BCUT2D eigenvalue weighted by Crippen LogP contribution is -2.45. The second-order valence-corrected chi connectivity index (χ2v) is 8.98. The van der Waals surface area contributed by atoms with E-state index >= 15 is 0 Å². The molecule has 0 spiro atoms. The van der Waals surface area contributed by atoms with Crippen LogP contribution >= 0.6 is 11.6 Å². The summed E-state index contributed by atoms with van der Waals surface area (Å²) in [4.78, 5) is 15.2. The zero-order chi connectivity index (χ0) is 21.4. The summed E-state index contributed by atoms with van der Waals surface area (Å²) in [5, 5.41) is 12.9. The van der Waals surface area contributed by atoms with Gasteiger partial charge in [-0.3, -0.25) is 0 Å². The largest absolute Gasteiger partial charge is 0.328 e. The van der Waals surface area contributed by atoms with Crippen molar-refractivity contribution in [2.45, 2.75) is 50.7 Å². The van der Waals surface area contributed by atoms with Crippen molar-refractivity contribution in [1.29, 1.82) is 0 Å². The molecule has 1 aromatic heterocycles. The summed E-state index contributed by atoms with van der Waals surface area (Å²) in [6.07, 6.45) is 3.81. The lowest BCUT2D eigenvalue weighted by molar-refractivity contribution is 0.184. The first-order valence-corrected chi connectivity index (χ1v) is 11.2. The van der Waals surface area contributed by atoms with Crippen LogP contribution in [-0.4, -0.2) is 32.2 Å². The molecule has 1 N–H and O–H groups in total. The Morgan fingerprint density at radius 2 is 1.87 bits per heavy atom. The fourth-order valence-electron chi connectivity index (χ4n) is 4.53. The second kappa shape index (κ2) is 8.00. The first-order valence-electron chi connectivity index (χ1n) is 10.8. The van der Waals surface area contributed by atoms with Gasteiger partial charge in [0.1, 0.15) is 5.82 Å². The van der Waals surface area contributed by atoms with E-state index in [0.29, 0.717) is 6.54 Å². The molecule has 31 heavy (non-hydrogen) atoms. The SMILES string of the molecule is Cc1nnc([C@H]2CCCN2C(=O)NC2(c3ccccc3)CC2)n1Cc1ccc(Cl)cc1. The lowest BCUT2D eigenvalue weighted by atomic mass is 10.1. The number of aromatic nitrogens is 3. The van der Waals surface area contributed by atoms with Gasteiger partial charge >= 0.3 is 6.03 Å². The van der Waals surface area contributed by atoms with Gasteiger partial charge in [0, 0.05) is 11.6 Å². The quantitative estimate of drug-likeness (QED) is 0.624. The Balaban J connectivity index is 1.36. The molecule has 1 saturated carbocycles. The van der Waals surface area contributed by atoms with E-state index in [4.69, 9.17) is 11.6 Å². The molecule has 0 bridgehead atoms.